The molecule has 0 saturated carbocycles. The summed E-state index contributed by atoms with van der Waals surface area (Å²) in [7, 11) is 0. The zero-order chi connectivity index (χ0) is 13.0. The third-order valence-electron chi connectivity index (χ3n) is 3.23. The Bertz CT molecular complexity index is 542. The van der Waals surface area contributed by atoms with Gasteiger partial charge in [0.1, 0.15) is 0 Å². The number of hydrogen-bond donors (Lipinski definition) is 1. The normalized spacial score (nSPS) is 12.6. The molecule has 1 aromatic heterocycles. The molecule has 1 heterocycles. The predicted molar refractivity (Wildman–Crippen MR) is 72.6 cm³/mol. The van der Waals surface area contributed by atoms with E-state index in [4.69, 9.17) is 5.73 Å². The molecule has 0 spiro atoms. The van der Waals surface area contributed by atoms with Crippen molar-refractivity contribution in [1.82, 2.24) is 9.13 Å². The molecule has 0 amide bonds. The maximum atomic E-state index is 12.0. The van der Waals surface area contributed by atoms with Crippen molar-refractivity contribution in [2.24, 2.45) is 5.73 Å². The molecule has 0 bridgehead atoms. The van der Waals surface area contributed by atoms with Gasteiger partial charge in [0.05, 0.1) is 0 Å². The maximum Gasteiger partial charge on any atom is 0.328 e. The third kappa shape index (κ3) is 2.54. The van der Waals surface area contributed by atoms with Gasteiger partial charge >= 0.3 is 5.69 Å². The fraction of sp³-hybridized carbons (Fsp3) is 0.357. The van der Waals surface area contributed by atoms with Gasteiger partial charge in [0, 0.05) is 37.9 Å². The summed E-state index contributed by atoms with van der Waals surface area (Å²) in [4.78, 5) is 12.0. The first-order valence-corrected chi connectivity index (χ1v) is 6.26. The number of aromatic nitrogens is 2. The van der Waals surface area contributed by atoms with Crippen LogP contribution in [0, 0.1) is 0 Å². The number of nitrogens with two attached hydrogens (primary N) is 1. The molecule has 1 unspecified atom stereocenters. The van der Waals surface area contributed by atoms with Crippen LogP contribution in [-0.2, 0) is 13.1 Å². The molecule has 4 heteroatoms. The van der Waals surface area contributed by atoms with E-state index in [1.807, 2.05) is 37.5 Å². The van der Waals surface area contributed by atoms with Gasteiger partial charge in [0.15, 0.2) is 0 Å². The minimum Gasteiger partial charge on any atom is -0.330 e. The lowest BCUT2D eigenvalue weighted by atomic mass is 9.99. The molecular weight excluding hydrogens is 226 g/mol. The van der Waals surface area contributed by atoms with E-state index >= 15 is 0 Å². The molecule has 2 rings (SSSR count). The Kier molecular flexibility index (Phi) is 3.99. The molecule has 4 nitrogen and oxygen atoms in total. The van der Waals surface area contributed by atoms with E-state index in [2.05, 4.69) is 12.1 Å². The fourth-order valence-corrected chi connectivity index (χ4v) is 2.11. The monoisotopic (exact) mass is 245 g/mol. The highest BCUT2D eigenvalue weighted by Gasteiger charge is 2.12. The van der Waals surface area contributed by atoms with Crippen molar-refractivity contribution < 1.29 is 0 Å². The van der Waals surface area contributed by atoms with Crippen molar-refractivity contribution in [3.05, 3.63) is 58.8 Å². The molecule has 0 radical (unpaired) electrons. The molecule has 0 aliphatic rings. The summed E-state index contributed by atoms with van der Waals surface area (Å²) in [5.41, 5.74) is 7.03. The average molecular weight is 245 g/mol. The molecular formula is C14H19N3O. The van der Waals surface area contributed by atoms with Crippen molar-refractivity contribution in [3.63, 3.8) is 0 Å². The Morgan fingerprint density at radius 3 is 2.39 bits per heavy atom. The Labute approximate surface area is 107 Å². The largest absolute Gasteiger partial charge is 0.330 e. The highest BCUT2D eigenvalue weighted by atomic mass is 16.1. The fourth-order valence-electron chi connectivity index (χ4n) is 2.11. The molecule has 0 saturated heterocycles. The Balaban J connectivity index is 2.21. The molecule has 1 atom stereocenters. The Morgan fingerprint density at radius 2 is 1.83 bits per heavy atom. The molecule has 2 aromatic rings. The van der Waals surface area contributed by atoms with Crippen molar-refractivity contribution >= 4 is 0 Å². The van der Waals surface area contributed by atoms with Gasteiger partial charge in [0.2, 0.25) is 0 Å². The third-order valence-corrected chi connectivity index (χ3v) is 3.23. The lowest BCUT2D eigenvalue weighted by Crippen LogP contribution is -2.28. The van der Waals surface area contributed by atoms with Crippen molar-refractivity contribution in [3.8, 4) is 0 Å². The first kappa shape index (κ1) is 12.6. The van der Waals surface area contributed by atoms with Gasteiger partial charge in [-0.15, -0.1) is 0 Å². The van der Waals surface area contributed by atoms with Crippen LogP contribution in [0.4, 0.5) is 0 Å². The minimum atomic E-state index is 0.0341. The molecule has 2 N–H and O–H groups in total. The first-order chi connectivity index (χ1) is 8.76. The molecule has 0 aliphatic heterocycles. The van der Waals surface area contributed by atoms with Crippen LogP contribution in [0.5, 0.6) is 0 Å². The molecule has 0 aliphatic carbocycles. The number of imidazole rings is 1. The second kappa shape index (κ2) is 5.69. The second-order valence-corrected chi connectivity index (χ2v) is 4.36. The first-order valence-electron chi connectivity index (χ1n) is 6.26. The lowest BCUT2D eigenvalue weighted by Gasteiger charge is -2.15. The van der Waals surface area contributed by atoms with Crippen LogP contribution in [0.3, 0.4) is 0 Å². The maximum absolute atomic E-state index is 12.0. The zero-order valence-electron chi connectivity index (χ0n) is 10.6. The number of aryl methyl sites for hydroxylation is 1. The number of hydrogen-bond acceptors (Lipinski definition) is 2. The smallest absolute Gasteiger partial charge is 0.328 e. The number of rotatable bonds is 5. The van der Waals surface area contributed by atoms with Gasteiger partial charge in [-0.05, 0) is 12.5 Å². The van der Waals surface area contributed by atoms with Crippen LogP contribution in [0.1, 0.15) is 18.4 Å². The summed E-state index contributed by atoms with van der Waals surface area (Å²) in [6.45, 7) is 3.83. The number of nitrogens with zero attached hydrogens (tertiary/aromatic N) is 2. The summed E-state index contributed by atoms with van der Waals surface area (Å²) in [6.07, 6.45) is 3.65. The predicted octanol–water partition coefficient (Wildman–Crippen LogP) is 1.41. The highest BCUT2D eigenvalue weighted by Crippen LogP contribution is 2.15. The van der Waals surface area contributed by atoms with Gasteiger partial charge in [-0.25, -0.2) is 4.79 Å². The van der Waals surface area contributed by atoms with E-state index in [1.165, 1.54) is 5.56 Å². The SMILES string of the molecule is CCn1ccn(CC(CN)c2ccccc2)c1=O. The van der Waals surface area contributed by atoms with E-state index in [-0.39, 0.29) is 11.6 Å². The number of benzene rings is 1. The summed E-state index contributed by atoms with van der Waals surface area (Å²) >= 11 is 0. The zero-order valence-corrected chi connectivity index (χ0v) is 10.6. The lowest BCUT2D eigenvalue weighted by molar-refractivity contribution is 0.540. The van der Waals surface area contributed by atoms with Gasteiger partial charge in [0.25, 0.3) is 0 Å². The highest BCUT2D eigenvalue weighted by molar-refractivity contribution is 5.19. The van der Waals surface area contributed by atoms with Gasteiger partial charge in [-0.3, -0.25) is 9.13 Å². The van der Waals surface area contributed by atoms with E-state index in [0.29, 0.717) is 19.6 Å². The van der Waals surface area contributed by atoms with Crippen LogP contribution in [0.15, 0.2) is 47.5 Å². The van der Waals surface area contributed by atoms with Crippen LogP contribution >= 0.6 is 0 Å². The van der Waals surface area contributed by atoms with Crippen molar-refractivity contribution in [2.45, 2.75) is 25.9 Å². The topological polar surface area (TPSA) is 52.9 Å². The molecule has 0 fully saturated rings. The Morgan fingerprint density at radius 1 is 1.17 bits per heavy atom. The summed E-state index contributed by atoms with van der Waals surface area (Å²) in [5, 5.41) is 0. The second-order valence-electron chi connectivity index (χ2n) is 4.36. The summed E-state index contributed by atoms with van der Waals surface area (Å²) in [6, 6.07) is 10.1. The van der Waals surface area contributed by atoms with Crippen molar-refractivity contribution in [1.29, 1.82) is 0 Å². The molecule has 18 heavy (non-hydrogen) atoms. The van der Waals surface area contributed by atoms with Gasteiger partial charge in [-0.1, -0.05) is 30.3 Å². The van der Waals surface area contributed by atoms with E-state index in [9.17, 15) is 4.79 Å². The Hall–Kier alpha value is -1.81. The summed E-state index contributed by atoms with van der Waals surface area (Å²) in [5.74, 6) is 0.177. The van der Waals surface area contributed by atoms with E-state index < -0.39 is 0 Å². The van der Waals surface area contributed by atoms with Crippen LogP contribution in [0.25, 0.3) is 0 Å². The quantitative estimate of drug-likeness (QED) is 0.866. The van der Waals surface area contributed by atoms with Gasteiger partial charge in [-0.2, -0.15) is 0 Å². The van der Waals surface area contributed by atoms with Crippen LogP contribution in [0.2, 0.25) is 0 Å². The minimum absolute atomic E-state index is 0.0341. The summed E-state index contributed by atoms with van der Waals surface area (Å²) < 4.78 is 3.42. The van der Waals surface area contributed by atoms with E-state index in [0.717, 1.165) is 0 Å². The molecule has 96 valence electrons. The van der Waals surface area contributed by atoms with Crippen LogP contribution < -0.4 is 11.4 Å². The van der Waals surface area contributed by atoms with Crippen molar-refractivity contribution in [2.75, 3.05) is 6.54 Å². The van der Waals surface area contributed by atoms with Gasteiger partial charge < -0.3 is 5.73 Å². The van der Waals surface area contributed by atoms with Crippen LogP contribution in [-0.4, -0.2) is 15.7 Å². The molecule has 1 aromatic carbocycles. The van der Waals surface area contributed by atoms with E-state index in [1.54, 1.807) is 9.13 Å². The average Bonchev–Trinajstić information content (AvgIpc) is 2.77. The standard InChI is InChI=1S/C14H19N3O/c1-2-16-8-9-17(14(16)18)11-13(10-15)12-6-4-3-5-7-12/h3-9,13H,2,10-11,15H2,1H3.